The Bertz CT molecular complexity index is 1350. The van der Waals surface area contributed by atoms with Crippen LogP contribution in [-0.4, -0.2) is 36.4 Å². The molecule has 0 aliphatic carbocycles. The van der Waals surface area contributed by atoms with Crippen molar-refractivity contribution in [3.05, 3.63) is 85.1 Å². The van der Waals surface area contributed by atoms with Gasteiger partial charge in [-0.25, -0.2) is 0 Å². The van der Waals surface area contributed by atoms with Gasteiger partial charge in [0.15, 0.2) is 6.10 Å². The zero-order valence-corrected chi connectivity index (χ0v) is 49.1. The number of hydrogen-bond acceptors (Lipinski definition) is 5. The van der Waals surface area contributed by atoms with Gasteiger partial charge >= 0.3 is 11.9 Å². The summed E-state index contributed by atoms with van der Waals surface area (Å²) < 4.78 is 10.7. The van der Waals surface area contributed by atoms with Crippen LogP contribution in [-0.2, 0) is 19.1 Å². The lowest BCUT2D eigenvalue weighted by atomic mass is 10.0. The van der Waals surface area contributed by atoms with Crippen LogP contribution in [0.15, 0.2) is 85.1 Å². The first-order chi connectivity index (χ1) is 36.6. The van der Waals surface area contributed by atoms with Gasteiger partial charge in [0.25, 0.3) is 0 Å². The maximum Gasteiger partial charge on any atom is 0.306 e. The monoisotopic (exact) mass is 1030 g/mol. The fourth-order valence-corrected chi connectivity index (χ4v) is 9.38. The van der Waals surface area contributed by atoms with Gasteiger partial charge in [0.2, 0.25) is 0 Å². The molecule has 0 aromatic rings. The average molecular weight is 1030 g/mol. The summed E-state index contributed by atoms with van der Waals surface area (Å²) in [5, 5.41) is 9.69. The normalized spacial score (nSPS) is 12.7. The van der Waals surface area contributed by atoms with Crippen molar-refractivity contribution in [1.29, 1.82) is 0 Å². The van der Waals surface area contributed by atoms with Crippen molar-refractivity contribution in [3.8, 4) is 0 Å². The molecule has 0 bridgehead atoms. The van der Waals surface area contributed by atoms with Crippen molar-refractivity contribution in [2.45, 2.75) is 328 Å². The van der Waals surface area contributed by atoms with Crippen molar-refractivity contribution in [2.24, 2.45) is 0 Å². The molecule has 5 nitrogen and oxygen atoms in total. The molecule has 0 aliphatic heterocycles. The number of carbonyl (C=O) groups excluding carboxylic acids is 2. The van der Waals surface area contributed by atoms with Crippen LogP contribution in [0, 0.1) is 0 Å². The van der Waals surface area contributed by atoms with Gasteiger partial charge in [0.1, 0.15) is 6.61 Å². The number of carbonyl (C=O) groups is 2. The molecule has 428 valence electrons. The minimum atomic E-state index is -0.776. The van der Waals surface area contributed by atoms with Gasteiger partial charge in [0, 0.05) is 12.8 Å². The van der Waals surface area contributed by atoms with Crippen LogP contribution in [0.25, 0.3) is 0 Å². The van der Waals surface area contributed by atoms with E-state index in [9.17, 15) is 14.7 Å². The van der Waals surface area contributed by atoms with Crippen LogP contribution in [0.1, 0.15) is 322 Å². The Morgan fingerprint density at radius 1 is 0.324 bits per heavy atom. The summed E-state index contributed by atoms with van der Waals surface area (Å²) in [6, 6.07) is 0. The van der Waals surface area contributed by atoms with E-state index < -0.39 is 6.10 Å². The van der Waals surface area contributed by atoms with Crippen molar-refractivity contribution >= 4 is 11.9 Å². The Morgan fingerprint density at radius 3 is 0.892 bits per heavy atom. The first-order valence-corrected chi connectivity index (χ1v) is 32.1. The van der Waals surface area contributed by atoms with Crippen LogP contribution >= 0.6 is 0 Å². The third-order valence-corrected chi connectivity index (χ3v) is 14.2. The topological polar surface area (TPSA) is 72.8 Å². The number of aliphatic hydroxyl groups excluding tert-OH is 1. The van der Waals surface area contributed by atoms with E-state index in [2.05, 4.69) is 98.9 Å². The quantitative estimate of drug-likeness (QED) is 0.0373. The highest BCUT2D eigenvalue weighted by atomic mass is 16.6. The van der Waals surface area contributed by atoms with Crippen LogP contribution < -0.4 is 0 Å². The highest BCUT2D eigenvalue weighted by Gasteiger charge is 2.16. The van der Waals surface area contributed by atoms with Gasteiger partial charge in [-0.3, -0.25) is 9.59 Å². The first-order valence-electron chi connectivity index (χ1n) is 32.1. The molecule has 0 amide bonds. The second kappa shape index (κ2) is 64.4. The van der Waals surface area contributed by atoms with Crippen LogP contribution in [0.5, 0.6) is 0 Å². The Labute approximate surface area is 460 Å². The molecule has 0 rings (SSSR count). The highest BCUT2D eigenvalue weighted by Crippen LogP contribution is 2.17. The van der Waals surface area contributed by atoms with Crippen LogP contribution in [0.3, 0.4) is 0 Å². The predicted octanol–water partition coefficient (Wildman–Crippen LogP) is 22.1. The summed E-state index contributed by atoms with van der Waals surface area (Å²) in [7, 11) is 0. The molecule has 0 spiro atoms. The van der Waals surface area contributed by atoms with Gasteiger partial charge < -0.3 is 14.6 Å². The highest BCUT2D eigenvalue weighted by molar-refractivity contribution is 5.70. The molecule has 0 saturated carbocycles. The molecule has 0 radical (unpaired) electrons. The van der Waals surface area contributed by atoms with Gasteiger partial charge in [-0.1, -0.05) is 304 Å². The number of ether oxygens (including phenoxy) is 2. The summed E-state index contributed by atoms with van der Waals surface area (Å²) in [4.78, 5) is 24.6. The summed E-state index contributed by atoms with van der Waals surface area (Å²) in [5.74, 6) is -0.580. The predicted molar refractivity (Wildman–Crippen MR) is 325 cm³/mol. The molecule has 0 aromatic carbocycles. The lowest BCUT2D eigenvalue weighted by molar-refractivity contribution is -0.161. The van der Waals surface area contributed by atoms with Crippen LogP contribution in [0.2, 0.25) is 0 Å². The molecule has 0 heterocycles. The van der Waals surface area contributed by atoms with E-state index in [-0.39, 0.29) is 25.2 Å². The number of esters is 2. The molecule has 5 heteroatoms. The van der Waals surface area contributed by atoms with E-state index in [0.29, 0.717) is 12.8 Å². The average Bonchev–Trinajstić information content (AvgIpc) is 3.40. The molecule has 0 saturated heterocycles. The zero-order valence-electron chi connectivity index (χ0n) is 49.1. The molecular weight excluding hydrogens is 909 g/mol. The molecule has 1 unspecified atom stereocenters. The summed E-state index contributed by atoms with van der Waals surface area (Å²) in [6.45, 7) is 4.06. The van der Waals surface area contributed by atoms with Gasteiger partial charge in [-0.05, 0) is 89.9 Å². The minimum Gasteiger partial charge on any atom is -0.462 e. The van der Waals surface area contributed by atoms with E-state index >= 15 is 0 Å². The van der Waals surface area contributed by atoms with Crippen molar-refractivity contribution in [3.63, 3.8) is 0 Å². The zero-order chi connectivity index (χ0) is 53.4. The SMILES string of the molecule is CC/C=C\C/C=C\C/C=C\C/C=C\C/C=C\C/C=C\CCCCCCCCCCCCCCCCC(=O)OC(CO)COC(=O)CCCCCCCCCCCCCCCCC/C=C\CCCCCCCCCC. The Balaban J connectivity index is 3.46. The van der Waals surface area contributed by atoms with Gasteiger partial charge in [-0.15, -0.1) is 0 Å². The maximum absolute atomic E-state index is 12.3. The van der Waals surface area contributed by atoms with E-state index in [4.69, 9.17) is 9.47 Å². The largest absolute Gasteiger partial charge is 0.462 e. The fraction of sp³-hybridized carbons (Fsp3) is 0.768. The number of hydrogen-bond donors (Lipinski definition) is 1. The van der Waals surface area contributed by atoms with E-state index in [1.165, 1.54) is 218 Å². The molecule has 0 aliphatic rings. The van der Waals surface area contributed by atoms with Gasteiger partial charge in [0.05, 0.1) is 6.61 Å². The summed E-state index contributed by atoms with van der Waals surface area (Å²) >= 11 is 0. The van der Waals surface area contributed by atoms with Crippen molar-refractivity contribution < 1.29 is 24.2 Å². The molecular formula is C69H122O5. The molecule has 0 aromatic heterocycles. The molecule has 1 atom stereocenters. The Kier molecular flexibility index (Phi) is 61.8. The number of aliphatic hydroxyl groups is 1. The number of unbranched alkanes of at least 4 members (excludes halogenated alkanes) is 37. The third kappa shape index (κ3) is 61.6. The molecule has 1 N–H and O–H groups in total. The smallest absolute Gasteiger partial charge is 0.306 e. The maximum atomic E-state index is 12.3. The second-order valence-corrected chi connectivity index (χ2v) is 21.5. The lowest BCUT2D eigenvalue weighted by Crippen LogP contribution is -2.28. The summed E-state index contributed by atoms with van der Waals surface area (Å²) in [5.41, 5.74) is 0. The van der Waals surface area contributed by atoms with E-state index in [1.807, 2.05) is 0 Å². The van der Waals surface area contributed by atoms with Crippen LogP contribution in [0.4, 0.5) is 0 Å². The molecule has 0 fully saturated rings. The van der Waals surface area contributed by atoms with Gasteiger partial charge in [-0.2, -0.15) is 0 Å². The first kappa shape index (κ1) is 71.1. The number of allylic oxidation sites excluding steroid dienone is 14. The molecule has 74 heavy (non-hydrogen) atoms. The fourth-order valence-electron chi connectivity index (χ4n) is 9.38. The number of rotatable bonds is 59. The van der Waals surface area contributed by atoms with Crippen molar-refractivity contribution in [2.75, 3.05) is 13.2 Å². The Morgan fingerprint density at radius 2 is 0.581 bits per heavy atom. The lowest BCUT2D eigenvalue weighted by Gasteiger charge is -2.15. The Hall–Kier alpha value is -2.92. The second-order valence-electron chi connectivity index (χ2n) is 21.5. The minimum absolute atomic E-state index is 0.0654. The standard InChI is InChI=1S/C69H122O5/c1-3-5-7-9-11-13-15-17-19-21-23-25-27-29-31-32-33-34-35-36-38-40-42-44-46-48-50-52-54-56-58-60-62-64-69(72)74-67(65-70)66-73-68(71)63-61-59-57-55-53-51-49-47-45-43-41-39-37-30-28-26-24-22-20-18-16-14-12-10-8-6-4-2/h5,7,11,13,17,19,22-25,29,31,33-34,67,70H,3-4,6,8-10,12,14-16,18,20-21,26-28,30,32,35-66H2,1-2H3/b7-5-,13-11-,19-17-,24-22-,25-23-,31-29-,34-33-. The van der Waals surface area contributed by atoms with E-state index in [0.717, 1.165) is 77.0 Å². The third-order valence-electron chi connectivity index (χ3n) is 14.2. The van der Waals surface area contributed by atoms with E-state index in [1.54, 1.807) is 0 Å². The van der Waals surface area contributed by atoms with Crippen molar-refractivity contribution in [1.82, 2.24) is 0 Å². The summed E-state index contributed by atoms with van der Waals surface area (Å²) in [6.07, 6.45) is 90.1.